The molecule has 0 amide bonds. The number of piperidine rings is 1. The molecular weight excluding hydrogens is 752 g/mol. The molecule has 50 heavy (non-hydrogen) atoms. The van der Waals surface area contributed by atoms with E-state index >= 15 is 0 Å². The Morgan fingerprint density at radius 2 is 1.66 bits per heavy atom. The van der Waals surface area contributed by atoms with E-state index in [1.165, 1.54) is 24.3 Å². The Balaban J connectivity index is 0.000000727. The van der Waals surface area contributed by atoms with Crippen molar-refractivity contribution in [2.45, 2.75) is 23.9 Å². The SMILES string of the molecule is CN(C)c1nc(N2CCC(CNS(=O)(=O)c3cc(Cl)c(Oc4ccc([N+](=O)[O-])cc4Cl)c(Cl)c3)CC2)nc2ccccc12.O=C(O)C(F)(F)F. The van der Waals surface area contributed by atoms with Gasteiger partial charge >= 0.3 is 12.1 Å². The number of nitro benzene ring substituents is 1. The van der Waals surface area contributed by atoms with Crippen LogP contribution < -0.4 is 19.3 Å². The third-order valence-electron chi connectivity index (χ3n) is 7.32. The van der Waals surface area contributed by atoms with E-state index in [0.29, 0.717) is 19.0 Å². The molecule has 2 N–H and O–H groups in total. The summed E-state index contributed by atoms with van der Waals surface area (Å²) in [5, 5.41) is 18.9. The average Bonchev–Trinajstić information content (AvgIpc) is 3.05. The van der Waals surface area contributed by atoms with Crippen LogP contribution in [0.15, 0.2) is 59.5 Å². The summed E-state index contributed by atoms with van der Waals surface area (Å²) in [6.07, 6.45) is -3.58. The number of anilines is 2. The van der Waals surface area contributed by atoms with E-state index in [1.807, 2.05) is 43.3 Å². The highest BCUT2D eigenvalue weighted by atomic mass is 35.5. The number of nitro groups is 1. The molecule has 0 saturated carbocycles. The van der Waals surface area contributed by atoms with Crippen molar-refractivity contribution in [3.8, 4) is 11.5 Å². The summed E-state index contributed by atoms with van der Waals surface area (Å²) in [7, 11) is -0.0404. The lowest BCUT2D eigenvalue weighted by Crippen LogP contribution is -2.39. The van der Waals surface area contributed by atoms with Crippen molar-refractivity contribution in [1.82, 2.24) is 14.7 Å². The Morgan fingerprint density at radius 1 is 1.06 bits per heavy atom. The van der Waals surface area contributed by atoms with E-state index in [2.05, 4.69) is 9.62 Å². The standard InChI is InChI=1S/C28H27Cl3N6O5S.C2HF3O2/c1-35(2)27-20-5-3-4-6-24(20)33-28(34-27)36-11-9-17(10-12-36)16-32-43(40,41)19-14-22(30)26(23(31)15-19)42-25-8-7-18(37(38)39)13-21(25)29;3-2(4,5)1(6)7/h3-8,13-15,17,32H,9-12,16H2,1-2H3;(H,6,7). The van der Waals surface area contributed by atoms with Crippen LogP contribution in [0.1, 0.15) is 12.8 Å². The van der Waals surface area contributed by atoms with Gasteiger partial charge in [-0.1, -0.05) is 46.9 Å². The van der Waals surface area contributed by atoms with Crippen molar-refractivity contribution < 1.29 is 41.2 Å². The summed E-state index contributed by atoms with van der Waals surface area (Å²) in [6, 6.07) is 14.0. The number of aliphatic carboxylic acids is 1. The van der Waals surface area contributed by atoms with Gasteiger partial charge in [0, 0.05) is 51.2 Å². The maximum atomic E-state index is 13.1. The number of hydrogen-bond acceptors (Lipinski definition) is 10. The topological polar surface area (TPSA) is 168 Å². The van der Waals surface area contributed by atoms with Crippen molar-refractivity contribution in [3.63, 3.8) is 0 Å². The highest BCUT2D eigenvalue weighted by Gasteiger charge is 2.38. The Kier molecular flexibility index (Phi) is 12.2. The van der Waals surface area contributed by atoms with Crippen LogP contribution in [0.25, 0.3) is 10.9 Å². The highest BCUT2D eigenvalue weighted by Crippen LogP contribution is 2.41. The second-order valence-corrected chi connectivity index (χ2v) is 14.0. The normalized spacial score (nSPS) is 13.8. The van der Waals surface area contributed by atoms with E-state index in [9.17, 15) is 31.7 Å². The van der Waals surface area contributed by atoms with Gasteiger partial charge in [-0.3, -0.25) is 10.1 Å². The number of non-ortho nitro benzene ring substituents is 1. The molecule has 0 spiro atoms. The van der Waals surface area contributed by atoms with Gasteiger partial charge in [0.2, 0.25) is 16.0 Å². The summed E-state index contributed by atoms with van der Waals surface area (Å²) < 4.78 is 66.3. The molecule has 0 atom stereocenters. The first kappa shape index (κ1) is 38.6. The average molecular weight is 780 g/mol. The fourth-order valence-electron chi connectivity index (χ4n) is 4.76. The van der Waals surface area contributed by atoms with Crippen molar-refractivity contribution in [1.29, 1.82) is 0 Å². The zero-order chi connectivity index (χ0) is 37.0. The number of hydrogen-bond donors (Lipinski definition) is 2. The van der Waals surface area contributed by atoms with Crippen LogP contribution in [0, 0.1) is 16.0 Å². The predicted molar refractivity (Wildman–Crippen MR) is 182 cm³/mol. The van der Waals surface area contributed by atoms with E-state index < -0.39 is 27.1 Å². The highest BCUT2D eigenvalue weighted by molar-refractivity contribution is 7.89. The molecule has 3 aromatic carbocycles. The number of carboxylic acids is 1. The number of benzene rings is 3. The number of nitrogens with zero attached hydrogens (tertiary/aromatic N) is 5. The molecule has 0 aliphatic carbocycles. The summed E-state index contributed by atoms with van der Waals surface area (Å²) in [5.41, 5.74) is 0.656. The zero-order valence-electron chi connectivity index (χ0n) is 26.1. The van der Waals surface area contributed by atoms with Crippen molar-refractivity contribution >= 4 is 79.2 Å². The summed E-state index contributed by atoms with van der Waals surface area (Å²) >= 11 is 18.8. The third kappa shape index (κ3) is 9.54. The molecule has 1 saturated heterocycles. The van der Waals surface area contributed by atoms with Crippen molar-refractivity contribution in [3.05, 3.63) is 79.8 Å². The van der Waals surface area contributed by atoms with Crippen LogP contribution in [-0.2, 0) is 14.8 Å². The molecule has 1 fully saturated rings. The number of carbonyl (C=O) groups is 1. The predicted octanol–water partition coefficient (Wildman–Crippen LogP) is 7.18. The molecule has 1 aliphatic heterocycles. The Hall–Kier alpha value is -4.16. The molecule has 2 heterocycles. The summed E-state index contributed by atoms with van der Waals surface area (Å²) in [4.78, 5) is 32.8. The van der Waals surface area contributed by atoms with Gasteiger partial charge in [0.1, 0.15) is 11.6 Å². The van der Waals surface area contributed by atoms with Gasteiger partial charge < -0.3 is 19.6 Å². The maximum absolute atomic E-state index is 13.1. The second-order valence-electron chi connectivity index (χ2n) is 11.0. The van der Waals surface area contributed by atoms with Crippen LogP contribution in [0.4, 0.5) is 30.6 Å². The number of carboxylic acid groups (broad SMARTS) is 1. The number of rotatable bonds is 9. The van der Waals surface area contributed by atoms with Crippen LogP contribution in [0.3, 0.4) is 0 Å². The lowest BCUT2D eigenvalue weighted by molar-refractivity contribution is -0.384. The maximum Gasteiger partial charge on any atom is 0.490 e. The molecule has 1 aromatic heterocycles. The van der Waals surface area contributed by atoms with Crippen LogP contribution >= 0.6 is 34.8 Å². The Morgan fingerprint density at radius 3 is 2.20 bits per heavy atom. The van der Waals surface area contributed by atoms with Gasteiger partial charge in [-0.05, 0) is 49.1 Å². The van der Waals surface area contributed by atoms with Gasteiger partial charge in [0.05, 0.1) is 30.4 Å². The van der Waals surface area contributed by atoms with Crippen LogP contribution in [0.2, 0.25) is 15.1 Å². The minimum atomic E-state index is -5.08. The largest absolute Gasteiger partial charge is 0.490 e. The molecule has 13 nitrogen and oxygen atoms in total. The fraction of sp³-hybridized carbons (Fsp3) is 0.300. The van der Waals surface area contributed by atoms with Gasteiger partial charge in [-0.2, -0.15) is 18.2 Å². The lowest BCUT2D eigenvalue weighted by Gasteiger charge is -2.32. The Labute approximate surface area is 298 Å². The second kappa shape index (κ2) is 15.8. The number of halogens is 6. The molecule has 4 aromatic rings. The van der Waals surface area contributed by atoms with Crippen molar-refractivity contribution in [2.24, 2.45) is 5.92 Å². The molecule has 1 aliphatic rings. The first-order chi connectivity index (χ1) is 23.4. The number of alkyl halides is 3. The first-order valence-electron chi connectivity index (χ1n) is 14.5. The number of aromatic nitrogens is 2. The smallest absolute Gasteiger partial charge is 0.475 e. The van der Waals surface area contributed by atoms with E-state index in [-0.39, 0.29) is 49.6 Å². The monoisotopic (exact) mass is 778 g/mol. The number of nitrogens with one attached hydrogen (secondary N) is 1. The van der Waals surface area contributed by atoms with Crippen LogP contribution in [0.5, 0.6) is 11.5 Å². The zero-order valence-corrected chi connectivity index (χ0v) is 29.2. The first-order valence-corrected chi connectivity index (χ1v) is 17.1. The molecular formula is C30H28Cl3F3N6O7S. The lowest BCUT2D eigenvalue weighted by atomic mass is 9.97. The molecule has 268 valence electrons. The number of ether oxygens (including phenoxy) is 1. The minimum absolute atomic E-state index is 0.0289. The van der Waals surface area contributed by atoms with Gasteiger partial charge in [-0.25, -0.2) is 22.9 Å². The quantitative estimate of drug-likeness (QED) is 0.130. The fourth-order valence-corrected chi connectivity index (χ4v) is 6.84. The van der Waals surface area contributed by atoms with E-state index in [1.54, 1.807) is 0 Å². The molecule has 20 heteroatoms. The number of fused-ring (bicyclic) bond motifs is 1. The number of sulfonamides is 1. The Bertz CT molecular complexity index is 1990. The molecule has 5 rings (SSSR count). The number of para-hydroxylation sites is 1. The van der Waals surface area contributed by atoms with Gasteiger partial charge in [0.15, 0.2) is 5.75 Å². The van der Waals surface area contributed by atoms with Gasteiger partial charge in [0.25, 0.3) is 5.69 Å². The third-order valence-corrected chi connectivity index (χ3v) is 9.58. The summed E-state index contributed by atoms with van der Waals surface area (Å²) in [6.45, 7) is 1.61. The summed E-state index contributed by atoms with van der Waals surface area (Å²) in [5.74, 6) is -1.10. The van der Waals surface area contributed by atoms with E-state index in [4.69, 9.17) is 59.4 Å². The van der Waals surface area contributed by atoms with Gasteiger partial charge in [-0.15, -0.1) is 0 Å². The minimum Gasteiger partial charge on any atom is -0.475 e. The molecule has 0 radical (unpaired) electrons. The molecule has 0 bridgehead atoms. The van der Waals surface area contributed by atoms with E-state index in [0.717, 1.165) is 35.6 Å². The van der Waals surface area contributed by atoms with Crippen LogP contribution in [-0.4, -0.2) is 74.3 Å². The molecule has 0 unspecified atom stereocenters. The van der Waals surface area contributed by atoms with Crippen molar-refractivity contribution in [2.75, 3.05) is 43.5 Å².